The molecule has 0 aliphatic carbocycles. The van der Waals surface area contributed by atoms with Crippen LogP contribution in [0.3, 0.4) is 0 Å². The molecule has 2 heterocycles. The first-order chi connectivity index (χ1) is 18.5. The first kappa shape index (κ1) is 27.6. The SMILES string of the molecule is Cn1c(=O)c2c(ncn2CC(=O)NS(=O)(=O)c2ccc(NCCSc3ccccc3)c([N+](=O)[O-])c2)n(C)c1=O. The summed E-state index contributed by atoms with van der Waals surface area (Å²) in [5, 5.41) is 14.6. The van der Waals surface area contributed by atoms with Gasteiger partial charge in [-0.15, -0.1) is 11.8 Å². The number of nitro benzene ring substituents is 1. The summed E-state index contributed by atoms with van der Waals surface area (Å²) in [7, 11) is -1.83. The standard InChI is InChI=1S/C23H23N7O7S2/c1-27-21-20(22(32)28(2)23(27)33)29(14-25-21)13-19(31)26-39(36,37)16-8-9-17(18(12-16)30(34)35)24-10-11-38-15-6-4-3-5-7-15/h3-9,12,14,24H,10-11,13H2,1-2H3,(H,26,31). The molecule has 0 aliphatic heterocycles. The molecule has 4 rings (SSSR count). The molecule has 204 valence electrons. The summed E-state index contributed by atoms with van der Waals surface area (Å²) in [6.07, 6.45) is 1.14. The van der Waals surface area contributed by atoms with Gasteiger partial charge in [0.05, 0.1) is 16.1 Å². The van der Waals surface area contributed by atoms with Crippen LogP contribution >= 0.6 is 11.8 Å². The van der Waals surface area contributed by atoms with Gasteiger partial charge < -0.3 is 9.88 Å². The van der Waals surface area contributed by atoms with Crippen LogP contribution in [0.4, 0.5) is 11.4 Å². The maximum Gasteiger partial charge on any atom is 0.332 e. The number of nitrogens with one attached hydrogen (secondary N) is 2. The summed E-state index contributed by atoms with van der Waals surface area (Å²) in [6, 6.07) is 12.9. The summed E-state index contributed by atoms with van der Waals surface area (Å²) in [5.41, 5.74) is -1.70. The van der Waals surface area contributed by atoms with Gasteiger partial charge in [-0.1, -0.05) is 18.2 Å². The molecule has 0 fully saturated rings. The predicted molar refractivity (Wildman–Crippen MR) is 144 cm³/mol. The number of imidazole rings is 1. The Balaban J connectivity index is 1.48. The Morgan fingerprint density at radius 3 is 2.51 bits per heavy atom. The molecule has 0 saturated carbocycles. The number of aromatic nitrogens is 4. The first-order valence-corrected chi connectivity index (χ1v) is 13.8. The van der Waals surface area contributed by atoms with Crippen LogP contribution in [0, 0.1) is 10.1 Å². The van der Waals surface area contributed by atoms with Gasteiger partial charge in [0, 0.05) is 37.4 Å². The molecule has 0 saturated heterocycles. The van der Waals surface area contributed by atoms with Gasteiger partial charge in [0.2, 0.25) is 0 Å². The predicted octanol–water partition coefficient (Wildman–Crippen LogP) is 1.05. The first-order valence-electron chi connectivity index (χ1n) is 11.4. The van der Waals surface area contributed by atoms with E-state index in [1.807, 2.05) is 35.1 Å². The zero-order valence-electron chi connectivity index (χ0n) is 20.7. The van der Waals surface area contributed by atoms with Crippen LogP contribution in [0.5, 0.6) is 0 Å². The number of carbonyl (C=O) groups is 1. The molecule has 0 spiro atoms. The van der Waals surface area contributed by atoms with E-state index in [2.05, 4.69) is 10.3 Å². The Bertz CT molecular complexity index is 1800. The highest BCUT2D eigenvalue weighted by Crippen LogP contribution is 2.28. The van der Waals surface area contributed by atoms with Crippen molar-refractivity contribution < 1.29 is 18.1 Å². The van der Waals surface area contributed by atoms with Crippen molar-refractivity contribution in [2.24, 2.45) is 14.1 Å². The van der Waals surface area contributed by atoms with E-state index in [-0.39, 0.29) is 16.9 Å². The number of aryl methyl sites for hydroxylation is 1. The number of rotatable bonds is 10. The zero-order valence-corrected chi connectivity index (χ0v) is 22.4. The number of thioether (sulfide) groups is 1. The number of amides is 1. The molecule has 1 amide bonds. The number of hydrogen-bond acceptors (Lipinski definition) is 10. The van der Waals surface area contributed by atoms with Crippen molar-refractivity contribution in [2.45, 2.75) is 16.3 Å². The van der Waals surface area contributed by atoms with Gasteiger partial charge in [-0.2, -0.15) is 0 Å². The normalized spacial score (nSPS) is 11.4. The smallest absolute Gasteiger partial charge is 0.332 e. The van der Waals surface area contributed by atoms with Crippen LogP contribution in [-0.4, -0.2) is 50.2 Å². The van der Waals surface area contributed by atoms with Crippen LogP contribution in [0.15, 0.2) is 74.2 Å². The van der Waals surface area contributed by atoms with Crippen LogP contribution in [-0.2, 0) is 35.5 Å². The van der Waals surface area contributed by atoms with E-state index in [1.54, 1.807) is 11.8 Å². The maximum atomic E-state index is 12.8. The van der Waals surface area contributed by atoms with Crippen molar-refractivity contribution in [3.05, 3.63) is 85.8 Å². The summed E-state index contributed by atoms with van der Waals surface area (Å²) < 4.78 is 30.6. The van der Waals surface area contributed by atoms with Gasteiger partial charge in [-0.3, -0.25) is 28.8 Å². The second-order valence-corrected chi connectivity index (χ2v) is 11.2. The topological polar surface area (TPSA) is 180 Å². The van der Waals surface area contributed by atoms with Crippen LogP contribution < -0.4 is 21.3 Å². The summed E-state index contributed by atoms with van der Waals surface area (Å²) in [5.74, 6) is -0.412. The average molecular weight is 574 g/mol. The highest BCUT2D eigenvalue weighted by atomic mass is 32.2. The number of nitrogens with zero attached hydrogens (tertiary/aromatic N) is 5. The Morgan fingerprint density at radius 2 is 1.82 bits per heavy atom. The van der Waals surface area contributed by atoms with E-state index in [9.17, 15) is 32.9 Å². The minimum atomic E-state index is -4.49. The van der Waals surface area contributed by atoms with E-state index in [4.69, 9.17) is 0 Å². The Kier molecular flexibility index (Phi) is 7.87. The van der Waals surface area contributed by atoms with E-state index < -0.39 is 49.2 Å². The molecular weight excluding hydrogens is 550 g/mol. The molecule has 0 unspecified atom stereocenters. The lowest BCUT2D eigenvalue weighted by molar-refractivity contribution is -0.384. The zero-order chi connectivity index (χ0) is 28.3. The molecule has 0 aliphatic rings. The number of sulfonamides is 1. The largest absolute Gasteiger partial charge is 0.379 e. The van der Waals surface area contributed by atoms with Crippen molar-refractivity contribution >= 4 is 50.2 Å². The lowest BCUT2D eigenvalue weighted by Gasteiger charge is -2.11. The molecule has 14 nitrogen and oxygen atoms in total. The molecule has 2 N–H and O–H groups in total. The highest BCUT2D eigenvalue weighted by Gasteiger charge is 2.24. The second-order valence-electron chi connectivity index (χ2n) is 8.30. The molecule has 0 bridgehead atoms. The van der Waals surface area contributed by atoms with E-state index in [0.717, 1.165) is 37.1 Å². The van der Waals surface area contributed by atoms with Gasteiger partial charge in [0.1, 0.15) is 12.2 Å². The number of carbonyl (C=O) groups excluding carboxylic acids is 1. The number of hydrogen-bond donors (Lipinski definition) is 2. The number of fused-ring (bicyclic) bond motifs is 1. The average Bonchev–Trinajstić information content (AvgIpc) is 3.32. The Labute approximate surface area is 225 Å². The molecule has 2 aromatic heterocycles. The van der Waals surface area contributed by atoms with Crippen molar-refractivity contribution in [1.29, 1.82) is 0 Å². The van der Waals surface area contributed by atoms with Gasteiger partial charge in [-0.25, -0.2) is 22.9 Å². The van der Waals surface area contributed by atoms with Crippen molar-refractivity contribution in [1.82, 2.24) is 23.4 Å². The fraction of sp³-hybridized carbons (Fsp3) is 0.217. The number of anilines is 1. The van der Waals surface area contributed by atoms with Crippen LogP contribution in [0.25, 0.3) is 11.2 Å². The lowest BCUT2D eigenvalue weighted by atomic mass is 10.2. The van der Waals surface area contributed by atoms with Crippen molar-refractivity contribution in [3.8, 4) is 0 Å². The molecule has 2 aromatic carbocycles. The summed E-state index contributed by atoms with van der Waals surface area (Å²) in [4.78, 5) is 52.7. The number of benzene rings is 2. The highest BCUT2D eigenvalue weighted by molar-refractivity contribution is 7.99. The minimum Gasteiger partial charge on any atom is -0.379 e. The Hall–Kier alpha value is -4.44. The third-order valence-corrected chi connectivity index (χ3v) is 8.07. The number of nitro groups is 1. The third-order valence-electron chi connectivity index (χ3n) is 5.68. The van der Waals surface area contributed by atoms with Gasteiger partial charge in [-0.05, 0) is 24.3 Å². The third kappa shape index (κ3) is 5.85. The maximum absolute atomic E-state index is 12.8. The molecule has 4 aromatic rings. The van der Waals surface area contributed by atoms with Gasteiger partial charge in [0.25, 0.3) is 27.2 Å². The fourth-order valence-electron chi connectivity index (χ4n) is 3.76. The van der Waals surface area contributed by atoms with Crippen molar-refractivity contribution in [2.75, 3.05) is 17.6 Å². The summed E-state index contributed by atoms with van der Waals surface area (Å²) in [6.45, 7) is -0.225. The molecule has 0 radical (unpaired) electrons. The minimum absolute atomic E-state index is 0.0274. The van der Waals surface area contributed by atoms with E-state index >= 15 is 0 Å². The summed E-state index contributed by atoms with van der Waals surface area (Å²) >= 11 is 1.55. The fourth-order valence-corrected chi connectivity index (χ4v) is 5.55. The van der Waals surface area contributed by atoms with Crippen LogP contribution in [0.1, 0.15) is 0 Å². The molecule has 39 heavy (non-hydrogen) atoms. The van der Waals surface area contributed by atoms with Gasteiger partial charge in [0.15, 0.2) is 11.2 Å². The quantitative estimate of drug-likeness (QED) is 0.120. The second kappa shape index (κ2) is 11.1. The van der Waals surface area contributed by atoms with Crippen molar-refractivity contribution in [3.63, 3.8) is 0 Å². The van der Waals surface area contributed by atoms with Gasteiger partial charge >= 0.3 is 5.69 Å². The molecular formula is C23H23N7O7S2. The lowest BCUT2D eigenvalue weighted by Crippen LogP contribution is -2.38. The van der Waals surface area contributed by atoms with E-state index in [1.165, 1.54) is 20.2 Å². The molecule has 0 atom stereocenters. The Morgan fingerprint density at radius 1 is 1.10 bits per heavy atom. The monoisotopic (exact) mass is 573 g/mol. The van der Waals surface area contributed by atoms with E-state index in [0.29, 0.717) is 12.3 Å². The van der Waals surface area contributed by atoms with Crippen LogP contribution in [0.2, 0.25) is 0 Å². The molecule has 16 heteroatoms.